The molecule has 1 fully saturated rings. The van der Waals surface area contributed by atoms with Gasteiger partial charge in [-0.15, -0.1) is 0 Å². The number of aliphatic imine (C=N–C) groups is 1. The summed E-state index contributed by atoms with van der Waals surface area (Å²) in [6, 6.07) is 3.95. The Labute approximate surface area is 142 Å². The molecule has 0 aromatic heterocycles. The Balaban J connectivity index is 1.94. The molecule has 0 atom stereocenters. The summed E-state index contributed by atoms with van der Waals surface area (Å²) < 4.78 is 33.0. The lowest BCUT2D eigenvalue weighted by Crippen LogP contribution is -2.47. The second-order valence-electron chi connectivity index (χ2n) is 5.83. The van der Waals surface area contributed by atoms with Crippen molar-refractivity contribution < 1.29 is 13.5 Å². The van der Waals surface area contributed by atoms with E-state index in [1.165, 1.54) is 18.2 Å². The minimum absolute atomic E-state index is 0.104. The van der Waals surface area contributed by atoms with Gasteiger partial charge < -0.3 is 15.0 Å². The van der Waals surface area contributed by atoms with Crippen LogP contribution in [0.3, 0.4) is 0 Å². The van der Waals surface area contributed by atoms with Gasteiger partial charge in [0.25, 0.3) is 0 Å². The summed E-state index contributed by atoms with van der Waals surface area (Å²) in [5.74, 6) is -0.204. The average Bonchev–Trinajstić information content (AvgIpc) is 2.58. The summed E-state index contributed by atoms with van der Waals surface area (Å²) in [5.41, 5.74) is 0.104. The Morgan fingerprint density at radius 2 is 1.92 bits per heavy atom. The number of piperidine rings is 1. The van der Waals surface area contributed by atoms with Crippen LogP contribution in [0.2, 0.25) is 0 Å². The van der Waals surface area contributed by atoms with Crippen molar-refractivity contribution in [2.45, 2.75) is 39.2 Å². The van der Waals surface area contributed by atoms with Crippen molar-refractivity contribution in [1.82, 2.24) is 10.2 Å². The summed E-state index contributed by atoms with van der Waals surface area (Å²) >= 11 is 0. The van der Waals surface area contributed by atoms with Gasteiger partial charge in [0, 0.05) is 38.3 Å². The number of guanidine groups is 1. The molecule has 1 aromatic rings. The zero-order valence-corrected chi connectivity index (χ0v) is 14.5. The molecule has 0 bridgehead atoms. The van der Waals surface area contributed by atoms with Gasteiger partial charge in [-0.3, -0.25) is 4.99 Å². The van der Waals surface area contributed by atoms with Crippen molar-refractivity contribution in [3.8, 4) is 0 Å². The molecule has 0 unspecified atom stereocenters. The Morgan fingerprint density at radius 1 is 1.25 bits per heavy atom. The predicted molar refractivity (Wildman–Crippen MR) is 92.3 cm³/mol. The Bertz CT molecular complexity index is 523. The van der Waals surface area contributed by atoms with Crippen LogP contribution in [0, 0.1) is 11.6 Å². The Hall–Kier alpha value is -1.69. The highest BCUT2D eigenvalue weighted by Gasteiger charge is 2.21. The highest BCUT2D eigenvalue weighted by molar-refractivity contribution is 5.80. The van der Waals surface area contributed by atoms with Crippen molar-refractivity contribution in [3.63, 3.8) is 0 Å². The maximum atomic E-state index is 13.7. The number of nitrogens with zero attached hydrogens (tertiary/aromatic N) is 2. The van der Waals surface area contributed by atoms with Crippen LogP contribution in [0.1, 0.15) is 32.3 Å². The van der Waals surface area contributed by atoms with Crippen LogP contribution in [0.15, 0.2) is 23.2 Å². The molecule has 1 aromatic carbocycles. The van der Waals surface area contributed by atoms with Gasteiger partial charge in [-0.1, -0.05) is 6.07 Å². The Kier molecular flexibility index (Phi) is 7.43. The van der Waals surface area contributed by atoms with E-state index < -0.39 is 11.6 Å². The van der Waals surface area contributed by atoms with Gasteiger partial charge in [-0.2, -0.15) is 0 Å². The Morgan fingerprint density at radius 3 is 2.50 bits per heavy atom. The summed E-state index contributed by atoms with van der Waals surface area (Å²) in [4.78, 5) is 6.73. The third kappa shape index (κ3) is 5.16. The third-order valence-corrected chi connectivity index (χ3v) is 4.16. The number of rotatable bonds is 6. The second-order valence-corrected chi connectivity index (χ2v) is 5.83. The highest BCUT2D eigenvalue weighted by atomic mass is 19.1. The third-order valence-electron chi connectivity index (χ3n) is 4.16. The van der Waals surface area contributed by atoms with Crippen LogP contribution in [0.4, 0.5) is 8.78 Å². The van der Waals surface area contributed by atoms with E-state index in [-0.39, 0.29) is 12.0 Å². The fourth-order valence-corrected chi connectivity index (χ4v) is 2.94. The summed E-state index contributed by atoms with van der Waals surface area (Å²) in [6.45, 7) is 7.64. The lowest BCUT2D eigenvalue weighted by molar-refractivity contribution is 0.0264. The molecule has 0 spiro atoms. The first-order valence-corrected chi connectivity index (χ1v) is 8.73. The van der Waals surface area contributed by atoms with Crippen LogP contribution in [0.5, 0.6) is 0 Å². The van der Waals surface area contributed by atoms with E-state index in [1.54, 1.807) is 0 Å². The van der Waals surface area contributed by atoms with Crippen molar-refractivity contribution in [2.75, 3.05) is 32.8 Å². The number of nitrogens with one attached hydrogen (secondary N) is 1. The smallest absolute Gasteiger partial charge is 0.193 e. The standard InChI is InChI=1S/C18H27F2N3O/c1-3-21-18(23-12-9-14(10-13-23)24-4-2)22-11-8-15-16(19)6-5-7-17(15)20/h5-7,14H,3-4,8-13H2,1-2H3,(H,21,22). The molecule has 1 aliphatic heterocycles. The van der Waals surface area contributed by atoms with E-state index in [1.807, 2.05) is 13.8 Å². The molecule has 1 saturated heterocycles. The predicted octanol–water partition coefficient (Wildman–Crippen LogP) is 2.97. The zero-order chi connectivity index (χ0) is 17.4. The number of halogens is 2. The molecular weight excluding hydrogens is 312 g/mol. The van der Waals surface area contributed by atoms with E-state index in [4.69, 9.17) is 4.74 Å². The van der Waals surface area contributed by atoms with Gasteiger partial charge in [-0.05, 0) is 45.2 Å². The number of benzene rings is 1. The SMILES string of the molecule is CCNC(=NCCc1c(F)cccc1F)N1CCC(OCC)CC1. The number of hydrogen-bond acceptors (Lipinski definition) is 2. The van der Waals surface area contributed by atoms with Crippen molar-refractivity contribution in [3.05, 3.63) is 35.4 Å². The molecule has 6 heteroatoms. The molecular formula is C18H27F2N3O. The number of ether oxygens (including phenoxy) is 1. The van der Waals surface area contributed by atoms with Crippen LogP contribution in [-0.2, 0) is 11.2 Å². The second kappa shape index (κ2) is 9.57. The van der Waals surface area contributed by atoms with Crippen LogP contribution >= 0.6 is 0 Å². The minimum Gasteiger partial charge on any atom is -0.378 e. The molecule has 0 aliphatic carbocycles. The average molecular weight is 339 g/mol. The van der Waals surface area contributed by atoms with Crippen molar-refractivity contribution in [2.24, 2.45) is 4.99 Å². The first-order chi connectivity index (χ1) is 11.7. The van der Waals surface area contributed by atoms with E-state index in [9.17, 15) is 8.78 Å². The zero-order valence-electron chi connectivity index (χ0n) is 14.5. The lowest BCUT2D eigenvalue weighted by atomic mass is 10.1. The van der Waals surface area contributed by atoms with E-state index in [0.717, 1.165) is 45.0 Å². The van der Waals surface area contributed by atoms with Gasteiger partial charge in [0.2, 0.25) is 0 Å². The van der Waals surface area contributed by atoms with Crippen LogP contribution in [0.25, 0.3) is 0 Å². The van der Waals surface area contributed by atoms with Gasteiger partial charge in [-0.25, -0.2) is 8.78 Å². The molecule has 1 aliphatic rings. The lowest BCUT2D eigenvalue weighted by Gasteiger charge is -2.34. The molecule has 1 N–H and O–H groups in total. The largest absolute Gasteiger partial charge is 0.378 e. The maximum Gasteiger partial charge on any atom is 0.193 e. The molecule has 2 rings (SSSR count). The number of likely N-dealkylation sites (tertiary alicyclic amines) is 1. The van der Waals surface area contributed by atoms with E-state index in [2.05, 4.69) is 15.2 Å². The molecule has 0 amide bonds. The molecule has 4 nitrogen and oxygen atoms in total. The van der Waals surface area contributed by atoms with Crippen LogP contribution in [-0.4, -0.2) is 49.7 Å². The van der Waals surface area contributed by atoms with Gasteiger partial charge >= 0.3 is 0 Å². The highest BCUT2D eigenvalue weighted by Crippen LogP contribution is 2.15. The fraction of sp³-hybridized carbons (Fsp3) is 0.611. The molecule has 24 heavy (non-hydrogen) atoms. The molecule has 0 radical (unpaired) electrons. The van der Waals surface area contributed by atoms with E-state index >= 15 is 0 Å². The van der Waals surface area contributed by atoms with Crippen molar-refractivity contribution in [1.29, 1.82) is 0 Å². The normalized spacial score (nSPS) is 16.5. The van der Waals surface area contributed by atoms with Gasteiger partial charge in [0.1, 0.15) is 11.6 Å². The molecule has 134 valence electrons. The number of hydrogen-bond donors (Lipinski definition) is 1. The van der Waals surface area contributed by atoms with Crippen molar-refractivity contribution >= 4 is 5.96 Å². The fourth-order valence-electron chi connectivity index (χ4n) is 2.94. The summed E-state index contributed by atoms with van der Waals surface area (Å²) in [5, 5.41) is 3.26. The first-order valence-electron chi connectivity index (χ1n) is 8.73. The van der Waals surface area contributed by atoms with E-state index in [0.29, 0.717) is 12.6 Å². The topological polar surface area (TPSA) is 36.9 Å². The summed E-state index contributed by atoms with van der Waals surface area (Å²) in [6.07, 6.45) is 2.52. The molecule has 1 heterocycles. The molecule has 0 saturated carbocycles. The first kappa shape index (κ1) is 18.6. The van der Waals surface area contributed by atoms with Gasteiger partial charge in [0.15, 0.2) is 5.96 Å². The minimum atomic E-state index is -0.507. The van der Waals surface area contributed by atoms with Gasteiger partial charge in [0.05, 0.1) is 6.10 Å². The van der Waals surface area contributed by atoms with Crippen LogP contribution < -0.4 is 5.32 Å². The maximum absolute atomic E-state index is 13.7. The monoisotopic (exact) mass is 339 g/mol. The summed E-state index contributed by atoms with van der Waals surface area (Å²) in [7, 11) is 0. The quantitative estimate of drug-likeness (QED) is 0.639.